The van der Waals surface area contributed by atoms with E-state index in [0.29, 0.717) is 19.0 Å². The normalized spacial score (nSPS) is 24.9. The smallest absolute Gasteiger partial charge is 0.312 e. The third kappa shape index (κ3) is 5.61. The number of rotatable bonds is 4. The molecular weight excluding hydrogens is 472 g/mol. The Hall–Kier alpha value is -3.22. The van der Waals surface area contributed by atoms with Crippen LogP contribution >= 0.6 is 0 Å². The molecule has 1 unspecified atom stereocenters. The molecule has 5 N–H and O–H groups in total. The Morgan fingerprint density at radius 3 is 2.75 bits per heavy atom. The Kier molecular flexibility index (Phi) is 7.21. The summed E-state index contributed by atoms with van der Waals surface area (Å²) in [5.74, 6) is -2.29. The van der Waals surface area contributed by atoms with Crippen molar-refractivity contribution in [2.75, 3.05) is 12.4 Å². The third-order valence-corrected chi connectivity index (χ3v) is 6.15. The van der Waals surface area contributed by atoms with Gasteiger partial charge in [-0.2, -0.15) is 0 Å². The Morgan fingerprint density at radius 2 is 2.06 bits per heavy atom. The van der Waals surface area contributed by atoms with Crippen LogP contribution in [0.1, 0.15) is 50.1 Å². The van der Waals surface area contributed by atoms with E-state index in [1.807, 2.05) is 4.90 Å². The molecular formula is C24H31F2N7O3. The molecule has 194 valence electrons. The minimum atomic E-state index is -1.10. The van der Waals surface area contributed by atoms with Crippen molar-refractivity contribution in [3.8, 4) is 0 Å². The van der Waals surface area contributed by atoms with E-state index in [-0.39, 0.29) is 17.9 Å². The monoisotopic (exact) mass is 503 g/mol. The SMILES string of the molecule is CN=C(N)Nc1ncc2c(n1)CN([C@@H]1C[C@H](C(=O)OC(C)(C)C)[C@H](c3cc(F)ccc3F)OC1N)C2. The predicted molar refractivity (Wildman–Crippen MR) is 128 cm³/mol. The number of carbonyl (C=O) groups is 1. The van der Waals surface area contributed by atoms with Crippen LogP contribution in [0.2, 0.25) is 0 Å². The molecule has 0 bridgehead atoms. The van der Waals surface area contributed by atoms with E-state index in [0.717, 1.165) is 29.5 Å². The molecule has 0 radical (unpaired) electrons. The first kappa shape index (κ1) is 25.9. The summed E-state index contributed by atoms with van der Waals surface area (Å²) in [5, 5.41) is 2.81. The van der Waals surface area contributed by atoms with Gasteiger partial charge in [0.2, 0.25) is 5.95 Å². The number of aromatic nitrogens is 2. The number of aliphatic imine (C=N–C) groups is 1. The van der Waals surface area contributed by atoms with Crippen LogP contribution in [0.25, 0.3) is 0 Å². The first-order valence-electron chi connectivity index (χ1n) is 11.6. The van der Waals surface area contributed by atoms with Gasteiger partial charge in [-0.05, 0) is 45.4 Å². The van der Waals surface area contributed by atoms with Crippen LogP contribution in [0.4, 0.5) is 14.7 Å². The van der Waals surface area contributed by atoms with Crippen LogP contribution in [0.3, 0.4) is 0 Å². The lowest BCUT2D eigenvalue weighted by molar-refractivity contribution is -0.182. The fourth-order valence-corrected chi connectivity index (χ4v) is 4.49. The number of nitrogens with two attached hydrogens (primary N) is 2. The Labute approximate surface area is 208 Å². The highest BCUT2D eigenvalue weighted by molar-refractivity contribution is 5.90. The second-order valence-electron chi connectivity index (χ2n) is 9.93. The summed E-state index contributed by atoms with van der Waals surface area (Å²) < 4.78 is 40.3. The van der Waals surface area contributed by atoms with Gasteiger partial charge in [-0.25, -0.2) is 18.7 Å². The van der Waals surface area contributed by atoms with Gasteiger partial charge in [0.05, 0.1) is 17.7 Å². The topological polar surface area (TPSA) is 141 Å². The van der Waals surface area contributed by atoms with E-state index in [2.05, 4.69) is 20.3 Å². The number of ether oxygens (including phenoxy) is 2. The van der Waals surface area contributed by atoms with Crippen molar-refractivity contribution in [1.82, 2.24) is 14.9 Å². The van der Waals surface area contributed by atoms with Crippen LogP contribution in [0.5, 0.6) is 0 Å². The number of benzene rings is 1. The van der Waals surface area contributed by atoms with Gasteiger partial charge >= 0.3 is 5.97 Å². The standard InChI is InChI=1S/C24H31F2N7O3/c1-24(2,3)36-21(34)15-8-18(20(27)35-19(15)14-7-13(25)5-6-16(14)26)33-10-12-9-30-23(31-17(12)11-33)32-22(28)29-4/h5-7,9,15,18-20H,8,10-11,27H2,1-4H3,(H3,28,29,30,31,32)/t15-,18+,19-,20?/m0/s1. The molecule has 1 fully saturated rings. The van der Waals surface area contributed by atoms with E-state index in [9.17, 15) is 13.6 Å². The second-order valence-corrected chi connectivity index (χ2v) is 9.93. The van der Waals surface area contributed by atoms with Crippen molar-refractivity contribution in [2.24, 2.45) is 22.4 Å². The van der Waals surface area contributed by atoms with Gasteiger partial charge in [0, 0.05) is 37.5 Å². The van der Waals surface area contributed by atoms with Crippen molar-refractivity contribution in [1.29, 1.82) is 0 Å². The van der Waals surface area contributed by atoms with Gasteiger partial charge in [-0.15, -0.1) is 0 Å². The molecule has 1 aromatic carbocycles. The molecule has 2 aromatic rings. The summed E-state index contributed by atoms with van der Waals surface area (Å²) in [6, 6.07) is 2.64. The molecule has 3 heterocycles. The molecule has 0 saturated carbocycles. The lowest BCUT2D eigenvalue weighted by Gasteiger charge is -2.43. The number of anilines is 1. The summed E-state index contributed by atoms with van der Waals surface area (Å²) in [6.07, 6.45) is -0.0598. The molecule has 0 amide bonds. The highest BCUT2D eigenvalue weighted by atomic mass is 19.1. The summed E-state index contributed by atoms with van der Waals surface area (Å²) >= 11 is 0. The Morgan fingerprint density at radius 1 is 1.31 bits per heavy atom. The lowest BCUT2D eigenvalue weighted by atomic mass is 9.85. The van der Waals surface area contributed by atoms with E-state index >= 15 is 0 Å². The van der Waals surface area contributed by atoms with Crippen molar-refractivity contribution in [3.63, 3.8) is 0 Å². The zero-order valence-corrected chi connectivity index (χ0v) is 20.7. The average molecular weight is 504 g/mol. The number of halogens is 2. The van der Waals surface area contributed by atoms with Crippen molar-refractivity contribution < 1.29 is 23.0 Å². The van der Waals surface area contributed by atoms with Crippen molar-refractivity contribution in [2.45, 2.75) is 64.3 Å². The van der Waals surface area contributed by atoms with E-state index < -0.39 is 47.5 Å². The fourth-order valence-electron chi connectivity index (χ4n) is 4.49. The largest absolute Gasteiger partial charge is 0.460 e. The van der Waals surface area contributed by atoms with Gasteiger partial charge in [-0.3, -0.25) is 20.0 Å². The number of esters is 1. The van der Waals surface area contributed by atoms with Gasteiger partial charge < -0.3 is 20.9 Å². The molecule has 4 rings (SSSR count). The molecule has 0 spiro atoms. The minimum Gasteiger partial charge on any atom is -0.460 e. The highest BCUT2D eigenvalue weighted by Gasteiger charge is 2.46. The maximum absolute atomic E-state index is 14.7. The zero-order chi connectivity index (χ0) is 26.2. The Bertz CT molecular complexity index is 1170. The number of hydrogen-bond donors (Lipinski definition) is 3. The summed E-state index contributed by atoms with van der Waals surface area (Å²) in [6.45, 7) is 6.14. The molecule has 2 aliphatic heterocycles. The molecule has 2 aliphatic rings. The van der Waals surface area contributed by atoms with Crippen molar-refractivity contribution in [3.05, 3.63) is 52.9 Å². The Balaban J connectivity index is 1.59. The van der Waals surface area contributed by atoms with Gasteiger partial charge in [-0.1, -0.05) is 0 Å². The summed E-state index contributed by atoms with van der Waals surface area (Å²) in [4.78, 5) is 27.9. The van der Waals surface area contributed by atoms with Crippen LogP contribution in [0, 0.1) is 17.6 Å². The second kappa shape index (κ2) is 10.0. The van der Waals surface area contributed by atoms with Crippen LogP contribution in [-0.4, -0.2) is 51.7 Å². The minimum absolute atomic E-state index is 0.0683. The quantitative estimate of drug-likeness (QED) is 0.325. The average Bonchev–Trinajstić information content (AvgIpc) is 3.22. The van der Waals surface area contributed by atoms with Gasteiger partial charge in [0.15, 0.2) is 5.96 Å². The summed E-state index contributed by atoms with van der Waals surface area (Å²) in [5.41, 5.74) is 12.9. The molecule has 4 atom stereocenters. The highest BCUT2D eigenvalue weighted by Crippen LogP contribution is 2.41. The first-order chi connectivity index (χ1) is 16.9. The van der Waals surface area contributed by atoms with E-state index in [4.69, 9.17) is 20.9 Å². The summed E-state index contributed by atoms with van der Waals surface area (Å²) in [7, 11) is 1.55. The first-order valence-corrected chi connectivity index (χ1v) is 11.6. The van der Waals surface area contributed by atoms with Crippen LogP contribution in [0.15, 0.2) is 29.4 Å². The van der Waals surface area contributed by atoms with Gasteiger partial charge in [0.1, 0.15) is 29.6 Å². The predicted octanol–water partition coefficient (Wildman–Crippen LogP) is 2.20. The number of hydrogen-bond acceptors (Lipinski definition) is 8. The molecule has 1 aromatic heterocycles. The number of nitrogens with one attached hydrogen (secondary N) is 1. The molecule has 1 saturated heterocycles. The van der Waals surface area contributed by atoms with Crippen LogP contribution in [-0.2, 0) is 27.4 Å². The molecule has 10 nitrogen and oxygen atoms in total. The number of nitrogens with zero attached hydrogens (tertiary/aromatic N) is 4. The number of fused-ring (bicyclic) bond motifs is 1. The van der Waals surface area contributed by atoms with E-state index in [1.54, 1.807) is 34.0 Å². The molecule has 0 aliphatic carbocycles. The number of guanidine groups is 1. The van der Waals surface area contributed by atoms with Crippen LogP contribution < -0.4 is 16.8 Å². The fraction of sp³-hybridized carbons (Fsp3) is 0.500. The molecule has 12 heteroatoms. The van der Waals surface area contributed by atoms with E-state index in [1.165, 1.54) is 0 Å². The maximum Gasteiger partial charge on any atom is 0.312 e. The maximum atomic E-state index is 14.7. The zero-order valence-electron chi connectivity index (χ0n) is 20.7. The number of carbonyl (C=O) groups excluding carboxylic acids is 1. The third-order valence-electron chi connectivity index (χ3n) is 6.15. The molecule has 36 heavy (non-hydrogen) atoms. The lowest BCUT2D eigenvalue weighted by Crippen LogP contribution is -2.54. The van der Waals surface area contributed by atoms with Gasteiger partial charge in [0.25, 0.3) is 0 Å². The van der Waals surface area contributed by atoms with Crippen molar-refractivity contribution >= 4 is 17.9 Å².